The van der Waals surface area contributed by atoms with E-state index in [0.717, 1.165) is 24.9 Å². The van der Waals surface area contributed by atoms with Crippen LogP contribution in [0.5, 0.6) is 0 Å². The largest absolute Gasteiger partial charge is 0.347 e. The van der Waals surface area contributed by atoms with Crippen LogP contribution in [0.4, 0.5) is 0 Å². The monoisotopic (exact) mass is 267 g/mol. The second-order valence-electron chi connectivity index (χ2n) is 4.98. The molecular weight excluding hydrogens is 250 g/mol. The first kappa shape index (κ1) is 13.0. The van der Waals surface area contributed by atoms with Crippen LogP contribution in [-0.2, 0) is 16.1 Å². The Morgan fingerprint density at radius 2 is 1.70 bits per heavy atom. The first-order valence-corrected chi connectivity index (χ1v) is 6.80. The zero-order chi connectivity index (χ0) is 13.8. The average Bonchev–Trinajstić information content (AvgIpc) is 2.92. The van der Waals surface area contributed by atoms with Gasteiger partial charge in [0.15, 0.2) is 12.5 Å². The maximum Gasteiger partial charge on any atom is 0.168 e. The highest BCUT2D eigenvalue weighted by molar-refractivity contribution is 5.56. The van der Waals surface area contributed by atoms with Gasteiger partial charge in [-0.1, -0.05) is 60.7 Å². The molecule has 1 fully saturated rings. The van der Waals surface area contributed by atoms with Crippen molar-refractivity contribution in [2.45, 2.75) is 18.9 Å². The molecule has 1 aliphatic heterocycles. The molecule has 102 valence electrons. The Labute approximate surface area is 118 Å². The molecule has 1 heterocycles. The minimum atomic E-state index is -0.458. The Morgan fingerprint density at radius 3 is 2.35 bits per heavy atom. The third-order valence-electron chi connectivity index (χ3n) is 3.58. The number of hydrogen-bond donors (Lipinski definition) is 0. The molecule has 2 aromatic rings. The Morgan fingerprint density at radius 1 is 1.05 bits per heavy atom. The van der Waals surface area contributed by atoms with Gasteiger partial charge in [-0.05, 0) is 11.1 Å². The summed E-state index contributed by atoms with van der Waals surface area (Å²) in [5.41, 5.74) is 2.31. The number of rotatable bonds is 4. The molecule has 0 bridgehead atoms. The van der Waals surface area contributed by atoms with E-state index >= 15 is 0 Å². The van der Waals surface area contributed by atoms with Crippen molar-refractivity contribution in [3.8, 4) is 0 Å². The summed E-state index contributed by atoms with van der Waals surface area (Å²) in [7, 11) is 0. The van der Waals surface area contributed by atoms with Crippen molar-refractivity contribution in [3.63, 3.8) is 0 Å². The average molecular weight is 267 g/mol. The summed E-state index contributed by atoms with van der Waals surface area (Å²) in [6.07, 6.45) is 0.391. The number of ether oxygens (including phenoxy) is 1. The van der Waals surface area contributed by atoms with Crippen LogP contribution in [0.1, 0.15) is 17.2 Å². The second-order valence-corrected chi connectivity index (χ2v) is 4.98. The van der Waals surface area contributed by atoms with Crippen LogP contribution in [0, 0.1) is 0 Å². The van der Waals surface area contributed by atoms with Crippen LogP contribution in [0.25, 0.3) is 0 Å². The zero-order valence-corrected chi connectivity index (χ0v) is 11.2. The molecule has 1 saturated heterocycles. The SMILES string of the molecule is O=CC1OC(c2ccccc2)CN1Cc1ccccc1. The van der Waals surface area contributed by atoms with E-state index in [1.165, 1.54) is 5.56 Å². The summed E-state index contributed by atoms with van der Waals surface area (Å²) < 4.78 is 5.84. The van der Waals surface area contributed by atoms with E-state index in [2.05, 4.69) is 17.0 Å². The number of carbonyl (C=O) groups is 1. The number of carbonyl (C=O) groups excluding carboxylic acids is 1. The van der Waals surface area contributed by atoms with Gasteiger partial charge in [-0.25, -0.2) is 0 Å². The fraction of sp³-hybridized carbons (Fsp3) is 0.235. The predicted molar refractivity (Wildman–Crippen MR) is 77.0 cm³/mol. The quantitative estimate of drug-likeness (QED) is 0.798. The molecule has 0 N–H and O–H groups in total. The number of nitrogens with zero attached hydrogens (tertiary/aromatic N) is 1. The van der Waals surface area contributed by atoms with Gasteiger partial charge in [-0.15, -0.1) is 0 Å². The zero-order valence-electron chi connectivity index (χ0n) is 11.2. The first-order valence-electron chi connectivity index (χ1n) is 6.80. The highest BCUT2D eigenvalue weighted by Gasteiger charge is 2.33. The number of hydrogen-bond acceptors (Lipinski definition) is 3. The van der Waals surface area contributed by atoms with Gasteiger partial charge in [-0.3, -0.25) is 9.69 Å². The summed E-state index contributed by atoms with van der Waals surface area (Å²) in [5, 5.41) is 0. The fourth-order valence-electron chi connectivity index (χ4n) is 2.56. The van der Waals surface area contributed by atoms with Crippen molar-refractivity contribution in [2.75, 3.05) is 6.54 Å². The van der Waals surface area contributed by atoms with Crippen LogP contribution in [0.2, 0.25) is 0 Å². The third kappa shape index (κ3) is 2.79. The summed E-state index contributed by atoms with van der Waals surface area (Å²) in [6, 6.07) is 20.2. The second kappa shape index (κ2) is 5.99. The van der Waals surface area contributed by atoms with Gasteiger partial charge in [0.2, 0.25) is 0 Å². The lowest BCUT2D eigenvalue weighted by Crippen LogP contribution is -2.30. The Bertz CT molecular complexity index is 556. The topological polar surface area (TPSA) is 29.5 Å². The molecule has 3 rings (SSSR count). The van der Waals surface area contributed by atoms with Gasteiger partial charge < -0.3 is 4.74 Å². The van der Waals surface area contributed by atoms with Crippen molar-refractivity contribution >= 4 is 6.29 Å². The van der Waals surface area contributed by atoms with Crippen molar-refractivity contribution in [2.24, 2.45) is 0 Å². The smallest absolute Gasteiger partial charge is 0.168 e. The molecule has 1 aliphatic rings. The van der Waals surface area contributed by atoms with Gasteiger partial charge >= 0.3 is 0 Å². The molecule has 0 aromatic heterocycles. The third-order valence-corrected chi connectivity index (χ3v) is 3.58. The highest BCUT2D eigenvalue weighted by atomic mass is 16.5. The lowest BCUT2D eigenvalue weighted by atomic mass is 10.1. The molecule has 0 amide bonds. The van der Waals surface area contributed by atoms with Crippen LogP contribution in [0.3, 0.4) is 0 Å². The van der Waals surface area contributed by atoms with Gasteiger partial charge in [0, 0.05) is 13.1 Å². The van der Waals surface area contributed by atoms with E-state index in [1.54, 1.807) is 0 Å². The van der Waals surface area contributed by atoms with Gasteiger partial charge in [0.25, 0.3) is 0 Å². The molecule has 2 atom stereocenters. The highest BCUT2D eigenvalue weighted by Crippen LogP contribution is 2.29. The molecule has 2 unspecified atom stereocenters. The van der Waals surface area contributed by atoms with Crippen LogP contribution in [-0.4, -0.2) is 24.0 Å². The molecule has 20 heavy (non-hydrogen) atoms. The van der Waals surface area contributed by atoms with Crippen LogP contribution >= 0.6 is 0 Å². The van der Waals surface area contributed by atoms with E-state index in [9.17, 15) is 4.79 Å². The summed E-state index contributed by atoms with van der Waals surface area (Å²) >= 11 is 0. The summed E-state index contributed by atoms with van der Waals surface area (Å²) in [4.78, 5) is 13.3. The van der Waals surface area contributed by atoms with Crippen molar-refractivity contribution in [3.05, 3.63) is 71.8 Å². The molecular formula is C17H17NO2. The van der Waals surface area contributed by atoms with E-state index in [4.69, 9.17) is 4.74 Å². The molecule has 3 heteroatoms. The molecule has 0 spiro atoms. The van der Waals surface area contributed by atoms with Gasteiger partial charge in [-0.2, -0.15) is 0 Å². The maximum atomic E-state index is 11.2. The van der Waals surface area contributed by atoms with Crippen molar-refractivity contribution in [1.29, 1.82) is 0 Å². The van der Waals surface area contributed by atoms with Crippen LogP contribution < -0.4 is 0 Å². The van der Waals surface area contributed by atoms with Crippen LogP contribution in [0.15, 0.2) is 60.7 Å². The molecule has 2 aromatic carbocycles. The Kier molecular flexibility index (Phi) is 3.90. The van der Waals surface area contributed by atoms with Crippen molar-refractivity contribution < 1.29 is 9.53 Å². The normalized spacial score (nSPS) is 22.8. The molecule has 0 radical (unpaired) electrons. The summed E-state index contributed by atoms with van der Waals surface area (Å²) in [6.45, 7) is 1.47. The minimum absolute atomic E-state index is 0.0323. The standard InChI is InChI=1S/C17H17NO2/c19-13-17-18(11-14-7-3-1-4-8-14)12-16(20-17)15-9-5-2-6-10-15/h1-10,13,16-17H,11-12H2. The molecule has 0 saturated carbocycles. The fourth-order valence-corrected chi connectivity index (χ4v) is 2.56. The van der Waals surface area contributed by atoms with E-state index in [0.29, 0.717) is 0 Å². The lowest BCUT2D eigenvalue weighted by molar-refractivity contribution is -0.123. The first-order chi connectivity index (χ1) is 9.86. The maximum absolute atomic E-state index is 11.2. The minimum Gasteiger partial charge on any atom is -0.347 e. The van der Waals surface area contributed by atoms with Crippen molar-refractivity contribution in [1.82, 2.24) is 4.90 Å². The Balaban J connectivity index is 1.73. The number of aldehydes is 1. The van der Waals surface area contributed by atoms with Gasteiger partial charge in [0.1, 0.15) is 0 Å². The molecule has 0 aliphatic carbocycles. The summed E-state index contributed by atoms with van der Waals surface area (Å²) in [5.74, 6) is 0. The van der Waals surface area contributed by atoms with Gasteiger partial charge in [0.05, 0.1) is 6.10 Å². The lowest BCUT2D eigenvalue weighted by Gasteiger charge is -2.17. The van der Waals surface area contributed by atoms with E-state index < -0.39 is 6.23 Å². The number of benzene rings is 2. The predicted octanol–water partition coefficient (Wildman–Crippen LogP) is 2.79. The van der Waals surface area contributed by atoms with E-state index in [1.807, 2.05) is 48.5 Å². The van der Waals surface area contributed by atoms with E-state index in [-0.39, 0.29) is 6.10 Å². The Hall–Kier alpha value is -1.97. The molecule has 3 nitrogen and oxygen atoms in total.